The molecule has 3 aliphatic rings. The molecule has 2 heterocycles. The van der Waals surface area contributed by atoms with Crippen LogP contribution in [0.4, 0.5) is 0 Å². The maximum atomic E-state index is 9.98. The van der Waals surface area contributed by atoms with Gasteiger partial charge in [-0.3, -0.25) is 0 Å². The van der Waals surface area contributed by atoms with Gasteiger partial charge >= 0.3 is 0 Å². The molecule has 1 saturated carbocycles. The monoisotopic (exact) mass is 189 g/mol. The van der Waals surface area contributed by atoms with Crippen LogP contribution in [0.2, 0.25) is 0 Å². The zero-order valence-corrected chi connectivity index (χ0v) is 7.22. The third-order valence-electron chi connectivity index (χ3n) is 3.36. The van der Waals surface area contributed by atoms with Crippen molar-refractivity contribution in [1.29, 1.82) is 0 Å². The largest absolute Gasteiger partial charge is 0.396 e. The molecule has 5 N–H and O–H groups in total. The summed E-state index contributed by atoms with van der Waals surface area (Å²) in [7, 11) is 0. The van der Waals surface area contributed by atoms with Gasteiger partial charge in [0.2, 0.25) is 0 Å². The SMILES string of the molecule is OC[C@@H]1C[C@H]2NC[C@]1(O)[C@H](O)[C@@H]2O. The van der Waals surface area contributed by atoms with E-state index in [2.05, 4.69) is 5.32 Å². The molecular weight excluding hydrogens is 174 g/mol. The summed E-state index contributed by atoms with van der Waals surface area (Å²) < 4.78 is 0. The highest BCUT2D eigenvalue weighted by atomic mass is 16.4. The van der Waals surface area contributed by atoms with Crippen LogP contribution in [-0.4, -0.2) is 57.4 Å². The second-order valence-corrected chi connectivity index (χ2v) is 4.03. The summed E-state index contributed by atoms with van der Waals surface area (Å²) in [6, 6.07) is -0.207. The van der Waals surface area contributed by atoms with E-state index >= 15 is 0 Å². The quantitative estimate of drug-likeness (QED) is 0.312. The standard InChI is InChI=1S/C8H15NO4/c10-2-4-1-5-6(11)7(12)8(4,13)3-9-5/h4-7,9-13H,1-3H2/t4-,5+,6+,7+,8+/m0/s1. The van der Waals surface area contributed by atoms with Gasteiger partial charge in [-0.1, -0.05) is 0 Å². The minimum absolute atomic E-state index is 0.154. The average Bonchev–Trinajstić information content (AvgIpc) is 2.14. The van der Waals surface area contributed by atoms with Crippen LogP contribution in [-0.2, 0) is 0 Å². The topological polar surface area (TPSA) is 93.0 Å². The molecule has 0 amide bonds. The predicted molar refractivity (Wildman–Crippen MR) is 43.9 cm³/mol. The summed E-state index contributed by atoms with van der Waals surface area (Å²) in [4.78, 5) is 0. The molecule has 2 bridgehead atoms. The number of aliphatic hydroxyl groups is 4. The highest BCUT2D eigenvalue weighted by Gasteiger charge is 2.56. The van der Waals surface area contributed by atoms with E-state index in [9.17, 15) is 15.3 Å². The molecule has 76 valence electrons. The van der Waals surface area contributed by atoms with Crippen molar-refractivity contribution in [3.05, 3.63) is 0 Å². The van der Waals surface area contributed by atoms with E-state index in [0.717, 1.165) is 0 Å². The lowest BCUT2D eigenvalue weighted by molar-refractivity contribution is -0.218. The van der Waals surface area contributed by atoms with Gasteiger partial charge in [0.25, 0.3) is 0 Å². The normalized spacial score (nSPS) is 55.4. The number of hydrogen-bond donors (Lipinski definition) is 5. The zero-order valence-electron chi connectivity index (χ0n) is 7.22. The maximum absolute atomic E-state index is 9.98. The van der Waals surface area contributed by atoms with Crippen LogP contribution in [0.3, 0.4) is 0 Å². The predicted octanol–water partition coefficient (Wildman–Crippen LogP) is -2.58. The Balaban J connectivity index is 2.25. The van der Waals surface area contributed by atoms with E-state index < -0.39 is 17.8 Å². The molecule has 5 nitrogen and oxygen atoms in total. The third-order valence-corrected chi connectivity index (χ3v) is 3.36. The first-order valence-electron chi connectivity index (χ1n) is 4.52. The van der Waals surface area contributed by atoms with Crippen molar-refractivity contribution in [3.8, 4) is 0 Å². The Bertz CT molecular complexity index is 208. The molecular formula is C8H15NO4. The molecule has 1 aliphatic carbocycles. The first-order chi connectivity index (χ1) is 6.09. The van der Waals surface area contributed by atoms with Crippen LogP contribution < -0.4 is 5.32 Å². The zero-order chi connectivity index (χ0) is 9.64. The molecule has 13 heavy (non-hydrogen) atoms. The van der Waals surface area contributed by atoms with Crippen LogP contribution in [0.25, 0.3) is 0 Å². The molecule has 5 heteroatoms. The van der Waals surface area contributed by atoms with E-state index in [1.165, 1.54) is 0 Å². The molecule has 0 aromatic rings. The molecule has 0 spiro atoms. The van der Waals surface area contributed by atoms with E-state index in [1.54, 1.807) is 0 Å². The van der Waals surface area contributed by atoms with Crippen molar-refractivity contribution >= 4 is 0 Å². The van der Waals surface area contributed by atoms with Crippen molar-refractivity contribution in [2.75, 3.05) is 13.2 Å². The van der Waals surface area contributed by atoms with Gasteiger partial charge in [0.15, 0.2) is 0 Å². The van der Waals surface area contributed by atoms with Crippen LogP contribution in [0.15, 0.2) is 0 Å². The van der Waals surface area contributed by atoms with Crippen molar-refractivity contribution in [2.24, 2.45) is 5.92 Å². The number of rotatable bonds is 1. The Labute approximate surface area is 76.0 Å². The van der Waals surface area contributed by atoms with Crippen molar-refractivity contribution < 1.29 is 20.4 Å². The van der Waals surface area contributed by atoms with Gasteiger partial charge in [0.1, 0.15) is 11.7 Å². The second kappa shape index (κ2) is 2.90. The van der Waals surface area contributed by atoms with Crippen LogP contribution in [0.5, 0.6) is 0 Å². The second-order valence-electron chi connectivity index (χ2n) is 4.03. The number of nitrogens with one attached hydrogen (secondary N) is 1. The van der Waals surface area contributed by atoms with E-state index in [1.807, 2.05) is 0 Å². The molecule has 0 unspecified atom stereocenters. The Morgan fingerprint density at radius 2 is 2.08 bits per heavy atom. The Hall–Kier alpha value is -0.200. The van der Waals surface area contributed by atoms with Gasteiger partial charge < -0.3 is 25.7 Å². The fraction of sp³-hybridized carbons (Fsp3) is 1.00. The van der Waals surface area contributed by atoms with Crippen LogP contribution in [0, 0.1) is 5.92 Å². The Morgan fingerprint density at radius 3 is 2.69 bits per heavy atom. The number of piperidine rings is 2. The molecule has 2 saturated heterocycles. The van der Waals surface area contributed by atoms with Crippen molar-refractivity contribution in [2.45, 2.75) is 30.3 Å². The Kier molecular flexibility index (Phi) is 2.08. The average molecular weight is 189 g/mol. The van der Waals surface area contributed by atoms with E-state index in [4.69, 9.17) is 5.11 Å². The molecule has 3 fully saturated rings. The minimum Gasteiger partial charge on any atom is -0.396 e. The fourth-order valence-corrected chi connectivity index (χ4v) is 2.39. The molecule has 3 rings (SSSR count). The molecule has 0 aromatic carbocycles. The smallest absolute Gasteiger partial charge is 0.112 e. The lowest BCUT2D eigenvalue weighted by atomic mass is 9.67. The van der Waals surface area contributed by atoms with Gasteiger partial charge in [-0.05, 0) is 6.42 Å². The first kappa shape index (κ1) is 9.36. The fourth-order valence-electron chi connectivity index (χ4n) is 2.39. The van der Waals surface area contributed by atoms with Gasteiger partial charge in [-0.2, -0.15) is 0 Å². The van der Waals surface area contributed by atoms with E-state index in [-0.39, 0.29) is 25.1 Å². The third kappa shape index (κ3) is 1.12. The van der Waals surface area contributed by atoms with Crippen LogP contribution >= 0.6 is 0 Å². The van der Waals surface area contributed by atoms with Gasteiger partial charge in [-0.15, -0.1) is 0 Å². The van der Waals surface area contributed by atoms with Gasteiger partial charge in [-0.25, -0.2) is 0 Å². The number of aliphatic hydroxyl groups excluding tert-OH is 3. The molecule has 5 atom stereocenters. The van der Waals surface area contributed by atoms with Gasteiger partial charge in [0, 0.05) is 25.1 Å². The van der Waals surface area contributed by atoms with Crippen molar-refractivity contribution in [1.82, 2.24) is 5.32 Å². The lowest BCUT2D eigenvalue weighted by Gasteiger charge is -2.54. The number of fused-ring (bicyclic) bond motifs is 3. The lowest BCUT2D eigenvalue weighted by Crippen LogP contribution is -2.74. The number of hydrogen-bond acceptors (Lipinski definition) is 5. The summed E-state index contributed by atoms with van der Waals surface area (Å²) in [5, 5.41) is 41.0. The van der Waals surface area contributed by atoms with E-state index in [0.29, 0.717) is 6.42 Å². The summed E-state index contributed by atoms with van der Waals surface area (Å²) >= 11 is 0. The summed E-state index contributed by atoms with van der Waals surface area (Å²) in [5.74, 6) is -0.336. The highest BCUT2D eigenvalue weighted by Crippen LogP contribution is 2.37. The Morgan fingerprint density at radius 1 is 1.38 bits per heavy atom. The highest BCUT2D eigenvalue weighted by molar-refractivity contribution is 5.11. The molecule has 0 aromatic heterocycles. The summed E-state index contributed by atoms with van der Waals surface area (Å²) in [6.07, 6.45) is -1.57. The van der Waals surface area contributed by atoms with Gasteiger partial charge in [0.05, 0.1) is 6.10 Å². The van der Waals surface area contributed by atoms with Crippen LogP contribution in [0.1, 0.15) is 6.42 Å². The first-order valence-corrected chi connectivity index (χ1v) is 4.52. The minimum atomic E-state index is -1.37. The summed E-state index contributed by atoms with van der Waals surface area (Å²) in [6.45, 7) is 0.0829. The molecule has 2 aliphatic heterocycles. The maximum Gasteiger partial charge on any atom is 0.112 e. The molecule has 0 radical (unpaired) electrons. The van der Waals surface area contributed by atoms with Crippen molar-refractivity contribution in [3.63, 3.8) is 0 Å². The summed E-state index contributed by atoms with van der Waals surface area (Å²) in [5.41, 5.74) is -1.37.